The van der Waals surface area contributed by atoms with E-state index < -0.39 is 12.0 Å². The lowest BCUT2D eigenvalue weighted by molar-refractivity contribution is -0.137. The third kappa shape index (κ3) is 6.08. The summed E-state index contributed by atoms with van der Waals surface area (Å²) in [6, 6.07) is 6.64. The number of thioether (sulfide) groups is 1. The Morgan fingerprint density at radius 1 is 1.35 bits per heavy atom. The summed E-state index contributed by atoms with van der Waals surface area (Å²) in [6.45, 7) is 0. The van der Waals surface area contributed by atoms with Crippen molar-refractivity contribution in [3.8, 4) is 0 Å². The number of carboxylic acid groups (broad SMARTS) is 1. The number of nitrogens with two attached hydrogens (primary N) is 1. The van der Waals surface area contributed by atoms with Crippen molar-refractivity contribution in [1.29, 1.82) is 0 Å². The van der Waals surface area contributed by atoms with Gasteiger partial charge in [-0.15, -0.1) is 0 Å². The van der Waals surface area contributed by atoms with Crippen molar-refractivity contribution in [1.82, 2.24) is 0 Å². The topological polar surface area (TPSA) is 92.4 Å². The molecular formula is C14H20N2O3S. The van der Waals surface area contributed by atoms with Gasteiger partial charge < -0.3 is 16.2 Å². The van der Waals surface area contributed by atoms with Crippen LogP contribution in [0.4, 0.5) is 5.69 Å². The molecule has 0 aliphatic heterocycles. The van der Waals surface area contributed by atoms with Crippen molar-refractivity contribution in [3.63, 3.8) is 0 Å². The summed E-state index contributed by atoms with van der Waals surface area (Å²) in [6.07, 6.45) is 3.20. The second-order valence-corrected chi connectivity index (χ2v) is 5.45. The lowest BCUT2D eigenvalue weighted by Gasteiger charge is -2.12. The van der Waals surface area contributed by atoms with Crippen molar-refractivity contribution in [3.05, 3.63) is 29.8 Å². The van der Waals surface area contributed by atoms with Gasteiger partial charge in [0.25, 0.3) is 0 Å². The summed E-state index contributed by atoms with van der Waals surface area (Å²) in [5.74, 6) is -0.164. The first-order chi connectivity index (χ1) is 9.52. The fourth-order valence-corrected chi connectivity index (χ4v) is 2.11. The first-order valence-electron chi connectivity index (χ1n) is 6.39. The highest BCUT2D eigenvalue weighted by atomic mass is 32.2. The van der Waals surface area contributed by atoms with Gasteiger partial charge in [0.15, 0.2) is 0 Å². The number of aryl methyl sites for hydroxylation is 1. The zero-order valence-corrected chi connectivity index (χ0v) is 12.3. The van der Waals surface area contributed by atoms with E-state index in [9.17, 15) is 9.59 Å². The van der Waals surface area contributed by atoms with Crippen LogP contribution in [0.1, 0.15) is 18.4 Å². The molecule has 1 aromatic carbocycles. The van der Waals surface area contributed by atoms with Gasteiger partial charge in [-0.25, -0.2) is 0 Å². The maximum absolute atomic E-state index is 11.8. The zero-order chi connectivity index (χ0) is 15.0. The highest BCUT2D eigenvalue weighted by Crippen LogP contribution is 2.12. The molecule has 6 heteroatoms. The van der Waals surface area contributed by atoms with E-state index in [1.165, 1.54) is 0 Å². The van der Waals surface area contributed by atoms with Crippen molar-refractivity contribution < 1.29 is 14.7 Å². The molecule has 0 fully saturated rings. The van der Waals surface area contributed by atoms with Gasteiger partial charge in [-0.05, 0) is 42.5 Å². The van der Waals surface area contributed by atoms with Gasteiger partial charge in [0.1, 0.15) is 0 Å². The maximum Gasteiger partial charge on any atom is 0.303 e. The van der Waals surface area contributed by atoms with E-state index in [1.807, 2.05) is 18.4 Å². The van der Waals surface area contributed by atoms with E-state index in [0.717, 1.165) is 11.3 Å². The van der Waals surface area contributed by atoms with E-state index in [1.54, 1.807) is 23.9 Å². The summed E-state index contributed by atoms with van der Waals surface area (Å²) in [7, 11) is 0. The molecule has 0 heterocycles. The Kier molecular flexibility index (Phi) is 7.11. The fraction of sp³-hybridized carbons (Fsp3) is 0.429. The normalized spacial score (nSPS) is 11.9. The first-order valence-corrected chi connectivity index (χ1v) is 7.78. The second kappa shape index (κ2) is 8.60. The quantitative estimate of drug-likeness (QED) is 0.679. The summed E-state index contributed by atoms with van der Waals surface area (Å²) >= 11 is 1.66. The molecule has 110 valence electrons. The summed E-state index contributed by atoms with van der Waals surface area (Å²) in [5, 5.41) is 11.4. The average molecular weight is 296 g/mol. The molecule has 0 aliphatic rings. The average Bonchev–Trinajstić information content (AvgIpc) is 2.43. The van der Waals surface area contributed by atoms with E-state index in [2.05, 4.69) is 5.32 Å². The number of aliphatic carboxylic acids is 1. The number of carboxylic acids is 1. The first kappa shape index (κ1) is 16.5. The third-order valence-electron chi connectivity index (χ3n) is 2.82. The van der Waals surface area contributed by atoms with Crippen LogP contribution in [0.2, 0.25) is 0 Å². The number of carbonyl (C=O) groups is 2. The number of amides is 1. The van der Waals surface area contributed by atoms with Crippen LogP contribution in [0.15, 0.2) is 24.3 Å². The molecule has 0 spiro atoms. The Labute approximate surface area is 122 Å². The molecule has 0 unspecified atom stereocenters. The molecule has 0 radical (unpaired) electrons. The van der Waals surface area contributed by atoms with Crippen LogP contribution in [0.25, 0.3) is 0 Å². The van der Waals surface area contributed by atoms with E-state index in [-0.39, 0.29) is 12.3 Å². The standard InChI is InChI=1S/C14H20N2O3S/c1-20-9-8-12(15)14(19)16-11-5-2-10(3-6-11)4-7-13(17)18/h2-3,5-6,12H,4,7-9,15H2,1H3,(H,16,19)(H,17,18)/t12-/m0/s1. The number of hydrogen-bond acceptors (Lipinski definition) is 4. The van der Waals surface area contributed by atoms with Crippen LogP contribution >= 0.6 is 11.8 Å². The molecule has 4 N–H and O–H groups in total. The lowest BCUT2D eigenvalue weighted by Crippen LogP contribution is -2.36. The van der Waals surface area contributed by atoms with Crippen molar-refractivity contribution >= 4 is 29.3 Å². The third-order valence-corrected chi connectivity index (χ3v) is 3.46. The van der Waals surface area contributed by atoms with Crippen LogP contribution < -0.4 is 11.1 Å². The van der Waals surface area contributed by atoms with Crippen LogP contribution in [0, 0.1) is 0 Å². The van der Waals surface area contributed by atoms with Gasteiger partial charge in [0.05, 0.1) is 6.04 Å². The number of carbonyl (C=O) groups excluding carboxylic acids is 1. The molecule has 20 heavy (non-hydrogen) atoms. The molecule has 0 aromatic heterocycles. The van der Waals surface area contributed by atoms with Gasteiger partial charge in [-0.3, -0.25) is 9.59 Å². The molecule has 0 aliphatic carbocycles. The van der Waals surface area contributed by atoms with Crippen molar-refractivity contribution in [2.45, 2.75) is 25.3 Å². The van der Waals surface area contributed by atoms with Crippen molar-refractivity contribution in [2.24, 2.45) is 5.73 Å². The monoisotopic (exact) mass is 296 g/mol. The molecule has 1 rings (SSSR count). The Balaban J connectivity index is 2.48. The predicted molar refractivity (Wildman–Crippen MR) is 82.0 cm³/mol. The summed E-state index contributed by atoms with van der Waals surface area (Å²) in [5.41, 5.74) is 7.37. The van der Waals surface area contributed by atoms with Gasteiger partial charge in [-0.1, -0.05) is 12.1 Å². The Morgan fingerprint density at radius 2 is 2.00 bits per heavy atom. The molecule has 0 saturated carbocycles. The number of anilines is 1. The molecule has 1 atom stereocenters. The minimum Gasteiger partial charge on any atom is -0.481 e. The minimum absolute atomic E-state index is 0.102. The second-order valence-electron chi connectivity index (χ2n) is 4.47. The van der Waals surface area contributed by atoms with Gasteiger partial charge in [0, 0.05) is 12.1 Å². The number of rotatable bonds is 8. The van der Waals surface area contributed by atoms with Gasteiger partial charge in [0.2, 0.25) is 5.91 Å². The maximum atomic E-state index is 11.8. The Bertz CT molecular complexity index is 448. The van der Waals surface area contributed by atoms with Crippen LogP contribution in [0.3, 0.4) is 0 Å². The van der Waals surface area contributed by atoms with Crippen LogP contribution in [-0.2, 0) is 16.0 Å². The van der Waals surface area contributed by atoms with Crippen molar-refractivity contribution in [2.75, 3.05) is 17.3 Å². The predicted octanol–water partition coefficient (Wildman–Crippen LogP) is 1.72. The highest BCUT2D eigenvalue weighted by molar-refractivity contribution is 7.98. The largest absolute Gasteiger partial charge is 0.481 e. The van der Waals surface area contributed by atoms with E-state index in [4.69, 9.17) is 10.8 Å². The minimum atomic E-state index is -0.817. The number of benzene rings is 1. The summed E-state index contributed by atoms with van der Waals surface area (Å²) < 4.78 is 0. The summed E-state index contributed by atoms with van der Waals surface area (Å²) in [4.78, 5) is 22.3. The van der Waals surface area contributed by atoms with Gasteiger partial charge >= 0.3 is 5.97 Å². The number of nitrogens with one attached hydrogen (secondary N) is 1. The zero-order valence-electron chi connectivity index (χ0n) is 11.5. The molecule has 0 saturated heterocycles. The van der Waals surface area contributed by atoms with E-state index >= 15 is 0 Å². The lowest BCUT2D eigenvalue weighted by atomic mass is 10.1. The molecular weight excluding hydrogens is 276 g/mol. The Morgan fingerprint density at radius 3 is 2.55 bits per heavy atom. The SMILES string of the molecule is CSCC[C@H](N)C(=O)Nc1ccc(CCC(=O)O)cc1. The molecule has 1 aromatic rings. The number of hydrogen-bond donors (Lipinski definition) is 3. The fourth-order valence-electron chi connectivity index (χ4n) is 1.62. The van der Waals surface area contributed by atoms with E-state index in [0.29, 0.717) is 18.5 Å². The molecule has 1 amide bonds. The highest BCUT2D eigenvalue weighted by Gasteiger charge is 2.12. The van der Waals surface area contributed by atoms with Gasteiger partial charge in [-0.2, -0.15) is 11.8 Å². The molecule has 5 nitrogen and oxygen atoms in total. The van der Waals surface area contributed by atoms with Crippen LogP contribution in [0.5, 0.6) is 0 Å². The molecule has 0 bridgehead atoms. The Hall–Kier alpha value is -1.53. The smallest absolute Gasteiger partial charge is 0.303 e. The van der Waals surface area contributed by atoms with Crippen LogP contribution in [-0.4, -0.2) is 35.0 Å².